The molecule has 0 saturated carbocycles. The van der Waals surface area contributed by atoms with E-state index in [2.05, 4.69) is 15.9 Å². The summed E-state index contributed by atoms with van der Waals surface area (Å²) in [4.78, 5) is 9.92. The summed E-state index contributed by atoms with van der Waals surface area (Å²) in [5.41, 5.74) is 0.490. The van der Waals surface area contributed by atoms with Gasteiger partial charge in [0.25, 0.3) is 5.69 Å². The number of nitro benzene ring substituents is 1. The van der Waals surface area contributed by atoms with Crippen LogP contribution in [0.4, 0.5) is 5.69 Å². The van der Waals surface area contributed by atoms with Crippen molar-refractivity contribution in [1.29, 1.82) is 0 Å². The van der Waals surface area contributed by atoms with Crippen molar-refractivity contribution in [3.63, 3.8) is 0 Å². The van der Waals surface area contributed by atoms with Gasteiger partial charge in [0.2, 0.25) is 0 Å². The quantitative estimate of drug-likeness (QED) is 0.482. The number of hydrogen-bond donors (Lipinski definition) is 1. The number of aromatic hydroxyl groups is 1. The SMILES string of the molecule is O=[N+]([O-])c1ccc(O)cc1CBr. The molecule has 4 nitrogen and oxygen atoms in total. The van der Waals surface area contributed by atoms with E-state index in [1.54, 1.807) is 0 Å². The molecule has 0 aliphatic carbocycles. The van der Waals surface area contributed by atoms with Crippen molar-refractivity contribution < 1.29 is 10.0 Å². The number of alkyl halides is 1. The first kappa shape index (κ1) is 8.99. The highest BCUT2D eigenvalue weighted by Gasteiger charge is 2.12. The maximum absolute atomic E-state index is 10.4. The first-order chi connectivity index (χ1) is 5.65. The van der Waals surface area contributed by atoms with Crippen LogP contribution in [0.2, 0.25) is 0 Å². The number of rotatable bonds is 2. The van der Waals surface area contributed by atoms with Gasteiger partial charge in [-0.25, -0.2) is 0 Å². The van der Waals surface area contributed by atoms with E-state index < -0.39 is 4.92 Å². The molecule has 1 N–H and O–H groups in total. The van der Waals surface area contributed by atoms with Crippen LogP contribution in [0.1, 0.15) is 5.56 Å². The number of halogens is 1. The van der Waals surface area contributed by atoms with E-state index in [9.17, 15) is 10.1 Å². The minimum absolute atomic E-state index is 0.0182. The summed E-state index contributed by atoms with van der Waals surface area (Å²) in [6, 6.07) is 3.95. The Morgan fingerprint density at radius 2 is 2.25 bits per heavy atom. The summed E-state index contributed by atoms with van der Waals surface area (Å²) in [7, 11) is 0. The van der Waals surface area contributed by atoms with Gasteiger partial charge in [-0.3, -0.25) is 10.1 Å². The lowest BCUT2D eigenvalue weighted by Crippen LogP contribution is -1.92. The summed E-state index contributed by atoms with van der Waals surface area (Å²) >= 11 is 3.10. The second-order valence-electron chi connectivity index (χ2n) is 2.20. The Morgan fingerprint density at radius 3 is 2.75 bits per heavy atom. The summed E-state index contributed by atoms with van der Waals surface area (Å²) < 4.78 is 0. The fraction of sp³-hybridized carbons (Fsp3) is 0.143. The molecule has 0 unspecified atom stereocenters. The van der Waals surface area contributed by atoms with E-state index in [1.165, 1.54) is 18.2 Å². The van der Waals surface area contributed by atoms with Gasteiger partial charge in [-0.05, 0) is 12.1 Å². The zero-order chi connectivity index (χ0) is 9.14. The third kappa shape index (κ3) is 1.73. The van der Waals surface area contributed by atoms with Gasteiger partial charge in [-0.15, -0.1) is 0 Å². The van der Waals surface area contributed by atoms with Gasteiger partial charge in [0.1, 0.15) is 5.75 Å². The van der Waals surface area contributed by atoms with Crippen LogP contribution in [0.3, 0.4) is 0 Å². The van der Waals surface area contributed by atoms with Crippen LogP contribution in [-0.4, -0.2) is 10.0 Å². The molecule has 1 aromatic carbocycles. The molecule has 1 aromatic rings. The molecule has 0 atom stereocenters. The zero-order valence-electron chi connectivity index (χ0n) is 6.03. The molecular weight excluding hydrogens is 226 g/mol. The van der Waals surface area contributed by atoms with Gasteiger partial charge in [0, 0.05) is 17.0 Å². The van der Waals surface area contributed by atoms with Gasteiger partial charge in [-0.1, -0.05) is 15.9 Å². The van der Waals surface area contributed by atoms with E-state index in [0.29, 0.717) is 10.9 Å². The minimum atomic E-state index is -0.476. The number of benzene rings is 1. The van der Waals surface area contributed by atoms with Crippen molar-refractivity contribution in [2.45, 2.75) is 5.33 Å². The zero-order valence-corrected chi connectivity index (χ0v) is 7.61. The molecule has 1 rings (SSSR count). The maximum atomic E-state index is 10.4. The van der Waals surface area contributed by atoms with Crippen molar-refractivity contribution >= 4 is 21.6 Å². The van der Waals surface area contributed by atoms with Gasteiger partial charge in [0.05, 0.1) is 4.92 Å². The van der Waals surface area contributed by atoms with Crippen molar-refractivity contribution in [2.75, 3.05) is 0 Å². The number of nitrogens with zero attached hydrogens (tertiary/aromatic N) is 1. The normalized spacial score (nSPS) is 9.75. The lowest BCUT2D eigenvalue weighted by molar-refractivity contribution is -0.385. The lowest BCUT2D eigenvalue weighted by atomic mass is 10.2. The predicted molar refractivity (Wildman–Crippen MR) is 47.4 cm³/mol. The van der Waals surface area contributed by atoms with Crippen LogP contribution in [0, 0.1) is 10.1 Å². The molecule has 0 amide bonds. The molecule has 5 heteroatoms. The standard InChI is InChI=1S/C7H6BrNO3/c8-4-5-3-6(10)1-2-7(5)9(11)12/h1-3,10H,4H2. The monoisotopic (exact) mass is 231 g/mol. The Bertz CT molecular complexity index is 314. The molecular formula is C7H6BrNO3. The van der Waals surface area contributed by atoms with Crippen molar-refractivity contribution in [3.8, 4) is 5.75 Å². The van der Waals surface area contributed by atoms with Crippen LogP contribution >= 0.6 is 15.9 Å². The maximum Gasteiger partial charge on any atom is 0.273 e. The summed E-state index contributed by atoms with van der Waals surface area (Å²) in [5.74, 6) is 0.0371. The smallest absolute Gasteiger partial charge is 0.273 e. The third-order valence-corrected chi connectivity index (χ3v) is 2.01. The Morgan fingerprint density at radius 1 is 1.58 bits per heavy atom. The lowest BCUT2D eigenvalue weighted by Gasteiger charge is -1.98. The molecule has 64 valence electrons. The van der Waals surface area contributed by atoms with Crippen molar-refractivity contribution in [2.24, 2.45) is 0 Å². The summed E-state index contributed by atoms with van der Waals surface area (Å²) in [6.45, 7) is 0. The van der Waals surface area contributed by atoms with E-state index in [-0.39, 0.29) is 11.4 Å². The molecule has 0 heterocycles. The van der Waals surface area contributed by atoms with Gasteiger partial charge < -0.3 is 5.11 Å². The van der Waals surface area contributed by atoms with Gasteiger partial charge >= 0.3 is 0 Å². The highest BCUT2D eigenvalue weighted by Crippen LogP contribution is 2.24. The largest absolute Gasteiger partial charge is 0.508 e. The fourth-order valence-electron chi connectivity index (χ4n) is 0.857. The molecule has 12 heavy (non-hydrogen) atoms. The molecule has 0 spiro atoms. The first-order valence-electron chi connectivity index (χ1n) is 3.17. The Balaban J connectivity index is 3.20. The topological polar surface area (TPSA) is 63.4 Å². The number of phenols is 1. The molecule has 0 aliphatic heterocycles. The van der Waals surface area contributed by atoms with Crippen molar-refractivity contribution in [1.82, 2.24) is 0 Å². The number of hydrogen-bond acceptors (Lipinski definition) is 3. The van der Waals surface area contributed by atoms with E-state index in [0.717, 1.165) is 0 Å². The van der Waals surface area contributed by atoms with E-state index >= 15 is 0 Å². The third-order valence-electron chi connectivity index (χ3n) is 1.40. The van der Waals surface area contributed by atoms with Crippen molar-refractivity contribution in [3.05, 3.63) is 33.9 Å². The Hall–Kier alpha value is -1.10. The Kier molecular flexibility index (Phi) is 2.65. The van der Waals surface area contributed by atoms with Crippen LogP contribution in [0.15, 0.2) is 18.2 Å². The second kappa shape index (κ2) is 3.53. The number of phenolic OH excluding ortho intramolecular Hbond substituents is 1. The molecule has 0 aliphatic rings. The molecule has 0 saturated heterocycles. The minimum Gasteiger partial charge on any atom is -0.508 e. The fourth-order valence-corrected chi connectivity index (χ4v) is 1.31. The van der Waals surface area contributed by atoms with Crippen LogP contribution in [0.5, 0.6) is 5.75 Å². The summed E-state index contributed by atoms with van der Waals surface area (Å²) in [5, 5.41) is 19.8. The highest BCUT2D eigenvalue weighted by atomic mass is 79.9. The first-order valence-corrected chi connectivity index (χ1v) is 4.29. The van der Waals surface area contributed by atoms with Gasteiger partial charge in [0.15, 0.2) is 0 Å². The highest BCUT2D eigenvalue weighted by molar-refractivity contribution is 9.08. The van der Waals surface area contributed by atoms with Crippen LogP contribution < -0.4 is 0 Å². The molecule has 0 bridgehead atoms. The average molecular weight is 232 g/mol. The number of nitro groups is 1. The molecule has 0 aromatic heterocycles. The van der Waals surface area contributed by atoms with Crippen LogP contribution in [0.25, 0.3) is 0 Å². The second-order valence-corrected chi connectivity index (χ2v) is 2.76. The predicted octanol–water partition coefficient (Wildman–Crippen LogP) is 2.20. The summed E-state index contributed by atoms with van der Waals surface area (Å²) in [6.07, 6.45) is 0. The van der Waals surface area contributed by atoms with E-state index in [4.69, 9.17) is 5.11 Å². The van der Waals surface area contributed by atoms with Crippen LogP contribution in [-0.2, 0) is 5.33 Å². The van der Waals surface area contributed by atoms with Gasteiger partial charge in [-0.2, -0.15) is 0 Å². The molecule has 0 fully saturated rings. The Labute approximate surface area is 77.1 Å². The van der Waals surface area contributed by atoms with E-state index in [1.807, 2.05) is 0 Å². The molecule has 0 radical (unpaired) electrons. The average Bonchev–Trinajstić information content (AvgIpc) is 2.03.